The van der Waals surface area contributed by atoms with Crippen LogP contribution in [0.2, 0.25) is 0 Å². The first-order chi connectivity index (χ1) is 6.84. The summed E-state index contributed by atoms with van der Waals surface area (Å²) in [5.74, 6) is 0. The molecule has 1 aromatic rings. The van der Waals surface area contributed by atoms with Crippen molar-refractivity contribution in [2.24, 2.45) is 0 Å². The Labute approximate surface area is 84.2 Å². The molecule has 2 heteroatoms. The highest BCUT2D eigenvalue weighted by Crippen LogP contribution is 2.42. The van der Waals surface area contributed by atoms with Crippen LogP contribution in [-0.4, -0.2) is 11.2 Å². The van der Waals surface area contributed by atoms with Gasteiger partial charge in [0.15, 0.2) is 0 Å². The molecule has 0 aliphatic carbocycles. The third kappa shape index (κ3) is 1.07. The second kappa shape index (κ2) is 2.74. The van der Waals surface area contributed by atoms with Crippen LogP contribution in [0, 0.1) is 0 Å². The molecule has 1 aromatic heterocycles. The van der Waals surface area contributed by atoms with Crippen LogP contribution in [0.15, 0.2) is 18.3 Å². The molecule has 74 valence electrons. The fourth-order valence-electron chi connectivity index (χ4n) is 2.19. The summed E-state index contributed by atoms with van der Waals surface area (Å²) in [4.78, 5) is 0. The highest BCUT2D eigenvalue weighted by Gasteiger charge is 2.45. The van der Waals surface area contributed by atoms with Gasteiger partial charge in [0, 0.05) is 24.0 Å². The van der Waals surface area contributed by atoms with Crippen LogP contribution >= 0.6 is 0 Å². The van der Waals surface area contributed by atoms with Crippen LogP contribution in [0.25, 0.3) is 6.08 Å². The Hall–Kier alpha value is -1.02. The maximum absolute atomic E-state index is 5.57. The minimum atomic E-state index is 0.0676. The molecule has 14 heavy (non-hydrogen) atoms. The van der Waals surface area contributed by atoms with E-state index in [0.717, 1.165) is 26.0 Å². The Kier molecular flexibility index (Phi) is 1.62. The second-order valence-electron chi connectivity index (χ2n) is 4.17. The van der Waals surface area contributed by atoms with Gasteiger partial charge in [-0.15, -0.1) is 0 Å². The van der Waals surface area contributed by atoms with Gasteiger partial charge in [-0.25, -0.2) is 0 Å². The molecule has 3 heterocycles. The zero-order valence-electron chi connectivity index (χ0n) is 8.49. The molecule has 1 unspecified atom stereocenters. The highest BCUT2D eigenvalue weighted by atomic mass is 16.6. The van der Waals surface area contributed by atoms with E-state index in [9.17, 15) is 0 Å². The summed E-state index contributed by atoms with van der Waals surface area (Å²) in [6.07, 6.45) is 8.95. The van der Waals surface area contributed by atoms with Gasteiger partial charge in [0.25, 0.3) is 0 Å². The quantitative estimate of drug-likeness (QED) is 0.653. The molecule has 3 rings (SSSR count). The van der Waals surface area contributed by atoms with E-state index in [1.165, 1.54) is 11.3 Å². The van der Waals surface area contributed by atoms with Crippen molar-refractivity contribution in [3.63, 3.8) is 0 Å². The van der Waals surface area contributed by atoms with Gasteiger partial charge in [-0.2, -0.15) is 0 Å². The minimum Gasteiger partial charge on any atom is -0.364 e. The van der Waals surface area contributed by atoms with E-state index >= 15 is 0 Å². The number of aromatic nitrogens is 1. The molecule has 2 nitrogen and oxygen atoms in total. The van der Waals surface area contributed by atoms with Gasteiger partial charge < -0.3 is 9.30 Å². The van der Waals surface area contributed by atoms with Crippen molar-refractivity contribution in [3.8, 4) is 0 Å². The van der Waals surface area contributed by atoms with Crippen molar-refractivity contribution in [1.82, 2.24) is 4.57 Å². The molecule has 0 aromatic carbocycles. The van der Waals surface area contributed by atoms with E-state index in [2.05, 4.69) is 35.9 Å². The van der Waals surface area contributed by atoms with Crippen molar-refractivity contribution in [2.45, 2.75) is 31.9 Å². The topological polar surface area (TPSA) is 17.5 Å². The first-order valence-corrected chi connectivity index (χ1v) is 5.35. The lowest BCUT2D eigenvalue weighted by atomic mass is 10.0. The lowest BCUT2D eigenvalue weighted by Crippen LogP contribution is -2.05. The zero-order valence-corrected chi connectivity index (χ0v) is 8.49. The van der Waals surface area contributed by atoms with Gasteiger partial charge in [0.2, 0.25) is 0 Å². The molecule has 2 aliphatic rings. The lowest BCUT2D eigenvalue weighted by Gasteiger charge is -2.08. The fraction of sp³-hybridized carbons (Fsp3) is 0.500. The van der Waals surface area contributed by atoms with Crippen molar-refractivity contribution >= 4 is 6.08 Å². The molecule has 0 bridgehead atoms. The predicted molar refractivity (Wildman–Crippen MR) is 56.0 cm³/mol. The van der Waals surface area contributed by atoms with Gasteiger partial charge in [-0.3, -0.25) is 0 Å². The smallest absolute Gasteiger partial charge is 0.118 e. The van der Waals surface area contributed by atoms with E-state index in [1.54, 1.807) is 0 Å². The van der Waals surface area contributed by atoms with Gasteiger partial charge >= 0.3 is 0 Å². The number of allylic oxidation sites excluding steroid dienone is 1. The van der Waals surface area contributed by atoms with Crippen molar-refractivity contribution in [1.29, 1.82) is 0 Å². The number of aryl methyl sites for hydroxylation is 1. The van der Waals surface area contributed by atoms with Crippen molar-refractivity contribution in [3.05, 3.63) is 29.6 Å². The summed E-state index contributed by atoms with van der Waals surface area (Å²) < 4.78 is 7.90. The SMILES string of the molecule is CCC1(c2cc3n(c2)CCC=C3)CO1. The standard InChI is InChI=1S/C12H15NO/c1-2-12(9-14-12)10-7-11-5-3-4-6-13(11)8-10/h3,5,7-8H,2,4,6,9H2,1H3. The molecule has 0 radical (unpaired) electrons. The summed E-state index contributed by atoms with van der Waals surface area (Å²) in [5.41, 5.74) is 2.76. The number of nitrogens with zero attached hydrogens (tertiary/aromatic N) is 1. The monoisotopic (exact) mass is 189 g/mol. The Balaban J connectivity index is 2.01. The normalized spacial score (nSPS) is 28.9. The molecule has 0 N–H and O–H groups in total. The van der Waals surface area contributed by atoms with Crippen LogP contribution in [0.5, 0.6) is 0 Å². The molecular weight excluding hydrogens is 174 g/mol. The van der Waals surface area contributed by atoms with E-state index < -0.39 is 0 Å². The summed E-state index contributed by atoms with van der Waals surface area (Å²) in [6, 6.07) is 2.27. The van der Waals surface area contributed by atoms with Gasteiger partial charge in [0.05, 0.1) is 6.61 Å². The van der Waals surface area contributed by atoms with Crippen LogP contribution in [0.1, 0.15) is 31.0 Å². The maximum atomic E-state index is 5.57. The maximum Gasteiger partial charge on any atom is 0.118 e. The Morgan fingerprint density at radius 3 is 3.07 bits per heavy atom. The van der Waals surface area contributed by atoms with E-state index in [4.69, 9.17) is 4.74 Å². The van der Waals surface area contributed by atoms with Crippen LogP contribution < -0.4 is 0 Å². The summed E-state index contributed by atoms with van der Waals surface area (Å²) >= 11 is 0. The van der Waals surface area contributed by atoms with E-state index in [-0.39, 0.29) is 5.60 Å². The fourth-order valence-corrected chi connectivity index (χ4v) is 2.19. The highest BCUT2D eigenvalue weighted by molar-refractivity contribution is 5.50. The van der Waals surface area contributed by atoms with Gasteiger partial charge in [-0.05, 0) is 25.0 Å². The molecule has 0 saturated carbocycles. The molecule has 1 atom stereocenters. The molecule has 1 saturated heterocycles. The van der Waals surface area contributed by atoms with Gasteiger partial charge in [-0.1, -0.05) is 13.0 Å². The van der Waals surface area contributed by atoms with E-state index in [1.807, 2.05) is 0 Å². The largest absolute Gasteiger partial charge is 0.364 e. The Morgan fingerprint density at radius 2 is 2.43 bits per heavy atom. The van der Waals surface area contributed by atoms with Gasteiger partial charge in [0.1, 0.15) is 5.60 Å². The summed E-state index contributed by atoms with van der Waals surface area (Å²) in [5, 5.41) is 0. The lowest BCUT2D eigenvalue weighted by molar-refractivity contribution is 0.301. The third-order valence-electron chi connectivity index (χ3n) is 3.35. The third-order valence-corrected chi connectivity index (χ3v) is 3.35. The minimum absolute atomic E-state index is 0.0676. The zero-order chi connectivity index (χ0) is 9.60. The number of rotatable bonds is 2. The summed E-state index contributed by atoms with van der Waals surface area (Å²) in [7, 11) is 0. The second-order valence-corrected chi connectivity index (χ2v) is 4.17. The molecule has 0 amide bonds. The number of ether oxygens (including phenoxy) is 1. The average molecular weight is 189 g/mol. The predicted octanol–water partition coefficient (Wildman–Crippen LogP) is 2.54. The van der Waals surface area contributed by atoms with Crippen LogP contribution in [0.3, 0.4) is 0 Å². The van der Waals surface area contributed by atoms with Crippen molar-refractivity contribution in [2.75, 3.05) is 6.61 Å². The Morgan fingerprint density at radius 1 is 1.57 bits per heavy atom. The number of epoxide rings is 1. The first kappa shape index (κ1) is 8.30. The molecular formula is C12H15NO. The first-order valence-electron chi connectivity index (χ1n) is 5.35. The number of hydrogen-bond acceptors (Lipinski definition) is 1. The van der Waals surface area contributed by atoms with Crippen LogP contribution in [0.4, 0.5) is 0 Å². The van der Waals surface area contributed by atoms with Crippen molar-refractivity contribution < 1.29 is 4.74 Å². The van der Waals surface area contributed by atoms with E-state index in [0.29, 0.717) is 0 Å². The molecule has 0 spiro atoms. The average Bonchev–Trinajstić information content (AvgIpc) is 2.91. The summed E-state index contributed by atoms with van der Waals surface area (Å²) in [6.45, 7) is 4.21. The molecule has 1 fully saturated rings. The molecule has 2 aliphatic heterocycles. The number of hydrogen-bond donors (Lipinski definition) is 0. The number of fused-ring (bicyclic) bond motifs is 1. The van der Waals surface area contributed by atoms with Crippen LogP contribution in [-0.2, 0) is 16.9 Å². The Bertz CT molecular complexity index is 385.